The van der Waals surface area contributed by atoms with E-state index in [1.807, 2.05) is 0 Å². The van der Waals surface area contributed by atoms with Crippen molar-refractivity contribution in [1.29, 1.82) is 0 Å². The van der Waals surface area contributed by atoms with Crippen LogP contribution in [-0.4, -0.2) is 19.8 Å². The van der Waals surface area contributed by atoms with Crippen molar-refractivity contribution in [2.24, 2.45) is 0 Å². The monoisotopic (exact) mass is 339 g/mol. The molecule has 0 unspecified atom stereocenters. The van der Waals surface area contributed by atoms with E-state index in [1.165, 1.54) is 0 Å². The molecule has 118 valence electrons. The number of nitrogens with zero attached hydrogens (tertiary/aromatic N) is 3. The fourth-order valence-electron chi connectivity index (χ4n) is 2.58. The molecule has 0 saturated heterocycles. The molecule has 0 fully saturated rings. The minimum Gasteiger partial charge on any atom is -0.283 e. The summed E-state index contributed by atoms with van der Waals surface area (Å²) in [5, 5.41) is 18.3. The molecule has 2 N–H and O–H groups in total. The van der Waals surface area contributed by atoms with Crippen LogP contribution in [0.2, 0.25) is 0 Å². The number of anilines is 1. The van der Waals surface area contributed by atoms with E-state index in [9.17, 15) is 23.6 Å². The number of hydrogen-bond donors (Lipinski definition) is 2. The van der Waals surface area contributed by atoms with Crippen LogP contribution in [0.3, 0.4) is 0 Å². The molecule has 0 amide bonds. The van der Waals surface area contributed by atoms with Crippen LogP contribution in [-0.2, 0) is 6.18 Å². The van der Waals surface area contributed by atoms with Crippen molar-refractivity contribution in [3.63, 3.8) is 0 Å². The summed E-state index contributed by atoms with van der Waals surface area (Å²) in [6.45, 7) is 0. The van der Waals surface area contributed by atoms with E-state index >= 15 is 0 Å². The number of thiazole rings is 1. The highest BCUT2D eigenvalue weighted by Crippen LogP contribution is 2.40. The zero-order valence-corrected chi connectivity index (χ0v) is 12.1. The maximum absolute atomic E-state index is 13.1. The van der Waals surface area contributed by atoms with Gasteiger partial charge in [-0.15, -0.1) is 5.23 Å². The lowest BCUT2D eigenvalue weighted by Crippen LogP contribution is -2.13. The molecule has 4 rings (SSSR count). The Morgan fingerprint density at radius 1 is 1.09 bits per heavy atom. The summed E-state index contributed by atoms with van der Waals surface area (Å²) in [6.07, 6.45) is -4.61. The fraction of sp³-hybridized carbons (Fsp3) is 0.0714. The number of fused-ring (bicyclic) bond motifs is 5. The molecule has 0 atom stereocenters. The molecule has 2 aromatic carbocycles. The first-order chi connectivity index (χ1) is 10.9. The fourth-order valence-corrected chi connectivity index (χ4v) is 3.69. The van der Waals surface area contributed by atoms with E-state index in [1.54, 1.807) is 28.7 Å². The molecule has 5 nitrogen and oxygen atoms in total. The van der Waals surface area contributed by atoms with Crippen LogP contribution < -0.4 is 5.23 Å². The molecule has 9 heteroatoms. The third-order valence-corrected chi connectivity index (χ3v) is 4.64. The molecule has 2 heterocycles. The molecule has 0 aliphatic heterocycles. The standard InChI is InChI=1S/C14H8F3N3O2S/c15-14(16,17)7-5-10-12(11(6-7)20(21)22)23-13-18-8-3-1-2-4-9(8)19(10)13/h1-6,21-22H. The Morgan fingerprint density at radius 3 is 2.52 bits per heavy atom. The van der Waals surface area contributed by atoms with Gasteiger partial charge in [-0.2, -0.15) is 13.2 Å². The summed E-state index contributed by atoms with van der Waals surface area (Å²) in [5.74, 6) is 0. The molecular weight excluding hydrogens is 331 g/mol. The summed E-state index contributed by atoms with van der Waals surface area (Å²) in [4.78, 5) is 4.84. The van der Waals surface area contributed by atoms with Crippen LogP contribution in [0.4, 0.5) is 18.9 Å². The Hall–Kier alpha value is -2.36. The maximum atomic E-state index is 13.1. The molecular formula is C14H8F3N3O2S. The summed E-state index contributed by atoms with van der Waals surface area (Å²) >= 11 is 1.08. The van der Waals surface area contributed by atoms with Crippen LogP contribution in [0.1, 0.15) is 5.56 Å². The minimum absolute atomic E-state index is 0.219. The molecule has 4 aromatic rings. The average Bonchev–Trinajstić information content (AvgIpc) is 3.00. The number of imidazole rings is 1. The van der Waals surface area contributed by atoms with E-state index in [0.717, 1.165) is 17.4 Å². The SMILES string of the molecule is ON(O)c1cc(C(F)(F)F)cc2c1sc1nc3ccccc3n12. The highest BCUT2D eigenvalue weighted by atomic mass is 32.1. The van der Waals surface area contributed by atoms with Gasteiger partial charge in [-0.1, -0.05) is 23.5 Å². The number of halogens is 3. The minimum atomic E-state index is -4.61. The number of para-hydroxylation sites is 2. The number of hydrogen-bond acceptors (Lipinski definition) is 5. The van der Waals surface area contributed by atoms with Gasteiger partial charge in [0, 0.05) is 0 Å². The first-order valence-electron chi connectivity index (χ1n) is 6.45. The smallest absolute Gasteiger partial charge is 0.283 e. The van der Waals surface area contributed by atoms with Gasteiger partial charge in [-0.3, -0.25) is 14.8 Å². The van der Waals surface area contributed by atoms with Gasteiger partial charge in [0.15, 0.2) is 4.96 Å². The van der Waals surface area contributed by atoms with Crippen LogP contribution in [0, 0.1) is 0 Å². The van der Waals surface area contributed by atoms with Crippen molar-refractivity contribution < 1.29 is 23.6 Å². The number of rotatable bonds is 1. The van der Waals surface area contributed by atoms with Crippen molar-refractivity contribution in [2.75, 3.05) is 5.23 Å². The van der Waals surface area contributed by atoms with Crippen molar-refractivity contribution >= 4 is 43.2 Å². The Morgan fingerprint density at radius 2 is 1.83 bits per heavy atom. The Labute approximate surface area is 130 Å². The zero-order valence-electron chi connectivity index (χ0n) is 11.2. The van der Waals surface area contributed by atoms with Gasteiger partial charge >= 0.3 is 6.18 Å². The van der Waals surface area contributed by atoms with Gasteiger partial charge in [0.2, 0.25) is 0 Å². The van der Waals surface area contributed by atoms with Gasteiger partial charge in [0.1, 0.15) is 5.69 Å². The normalized spacial score (nSPS) is 12.6. The molecule has 0 aliphatic rings. The summed E-state index contributed by atoms with van der Waals surface area (Å²) in [7, 11) is 0. The predicted octanol–water partition coefficient (Wildman–Crippen LogP) is 4.31. The van der Waals surface area contributed by atoms with E-state index in [2.05, 4.69) is 4.98 Å². The summed E-state index contributed by atoms with van der Waals surface area (Å²) < 4.78 is 41.2. The molecule has 0 aliphatic carbocycles. The van der Waals surface area contributed by atoms with Crippen LogP contribution in [0.15, 0.2) is 36.4 Å². The predicted molar refractivity (Wildman–Crippen MR) is 79.1 cm³/mol. The van der Waals surface area contributed by atoms with Gasteiger partial charge < -0.3 is 0 Å². The number of alkyl halides is 3. The van der Waals surface area contributed by atoms with E-state index in [-0.39, 0.29) is 16.4 Å². The molecule has 0 saturated carbocycles. The lowest BCUT2D eigenvalue weighted by Gasteiger charge is -2.13. The maximum Gasteiger partial charge on any atom is 0.416 e. The highest BCUT2D eigenvalue weighted by Gasteiger charge is 2.33. The van der Waals surface area contributed by atoms with E-state index < -0.39 is 11.7 Å². The van der Waals surface area contributed by atoms with Crippen LogP contribution >= 0.6 is 11.3 Å². The lowest BCUT2D eigenvalue weighted by molar-refractivity contribution is -0.137. The largest absolute Gasteiger partial charge is 0.416 e. The lowest BCUT2D eigenvalue weighted by atomic mass is 10.1. The zero-order chi connectivity index (χ0) is 16.4. The molecule has 23 heavy (non-hydrogen) atoms. The summed E-state index contributed by atoms with van der Waals surface area (Å²) in [5.41, 5.74) is 0.225. The molecule has 2 aromatic heterocycles. The van der Waals surface area contributed by atoms with Crippen LogP contribution in [0.5, 0.6) is 0 Å². The number of aromatic nitrogens is 2. The highest BCUT2D eigenvalue weighted by molar-refractivity contribution is 7.24. The molecule has 0 bridgehead atoms. The van der Waals surface area contributed by atoms with Gasteiger partial charge in [-0.05, 0) is 24.3 Å². The van der Waals surface area contributed by atoms with Crippen molar-refractivity contribution in [2.45, 2.75) is 6.18 Å². The van der Waals surface area contributed by atoms with Crippen molar-refractivity contribution in [1.82, 2.24) is 9.38 Å². The second-order valence-electron chi connectivity index (χ2n) is 4.95. The third kappa shape index (κ3) is 2.05. The molecule has 0 radical (unpaired) electrons. The van der Waals surface area contributed by atoms with Crippen LogP contribution in [0.25, 0.3) is 26.2 Å². The van der Waals surface area contributed by atoms with Gasteiger partial charge in [0.05, 0.1) is 26.8 Å². The second kappa shape index (κ2) is 4.57. The Bertz CT molecular complexity index is 1050. The van der Waals surface area contributed by atoms with Crippen molar-refractivity contribution in [3.05, 3.63) is 42.0 Å². The van der Waals surface area contributed by atoms with Gasteiger partial charge in [0.25, 0.3) is 0 Å². The first-order valence-corrected chi connectivity index (χ1v) is 7.27. The van der Waals surface area contributed by atoms with E-state index in [4.69, 9.17) is 0 Å². The van der Waals surface area contributed by atoms with E-state index in [0.29, 0.717) is 26.8 Å². The Kier molecular flexibility index (Phi) is 2.83. The summed E-state index contributed by atoms with van der Waals surface area (Å²) in [6, 6.07) is 8.74. The quantitative estimate of drug-likeness (QED) is 0.508. The number of benzene rings is 2. The second-order valence-corrected chi connectivity index (χ2v) is 5.93. The first kappa shape index (κ1) is 14.2. The molecule has 0 spiro atoms. The Balaban J connectivity index is 2.20. The topological polar surface area (TPSA) is 61.0 Å². The average molecular weight is 339 g/mol. The van der Waals surface area contributed by atoms with Crippen molar-refractivity contribution in [3.8, 4) is 0 Å². The third-order valence-electron chi connectivity index (χ3n) is 3.56. The van der Waals surface area contributed by atoms with Gasteiger partial charge in [-0.25, -0.2) is 4.98 Å².